The van der Waals surface area contributed by atoms with E-state index in [-0.39, 0.29) is 23.5 Å². The van der Waals surface area contributed by atoms with E-state index in [9.17, 15) is 4.79 Å². The van der Waals surface area contributed by atoms with E-state index in [1.54, 1.807) is 0 Å². The predicted octanol–water partition coefficient (Wildman–Crippen LogP) is 3.01. The summed E-state index contributed by atoms with van der Waals surface area (Å²) in [7, 11) is 1.45. The Morgan fingerprint density at radius 3 is 2.62 bits per heavy atom. The number of esters is 1. The molecule has 3 nitrogen and oxygen atoms in total. The molecule has 1 heterocycles. The molecule has 0 radical (unpaired) electrons. The van der Waals surface area contributed by atoms with Crippen LogP contribution in [0.2, 0.25) is 0 Å². The average molecular weight is 283 g/mol. The Labute approximate surface area is 125 Å². The molecule has 110 valence electrons. The molecule has 1 aliphatic carbocycles. The second kappa shape index (κ2) is 5.15. The Morgan fingerprint density at radius 1 is 1.24 bits per heavy atom. The van der Waals surface area contributed by atoms with Gasteiger partial charge in [0.2, 0.25) is 0 Å². The molecule has 0 aromatic heterocycles. The number of fused-ring (bicyclic) bond motifs is 1. The van der Waals surface area contributed by atoms with Gasteiger partial charge in [-0.05, 0) is 5.56 Å². The minimum absolute atomic E-state index is 0.105. The summed E-state index contributed by atoms with van der Waals surface area (Å²) in [5.74, 6) is 0.0930. The van der Waals surface area contributed by atoms with Gasteiger partial charge in [0.25, 0.3) is 0 Å². The standard InChI is InChI=1S/C18H21NO2/c1-18(2)14-11-7-10-13(14)15(12-8-5-4-6-9-12)19-16(18)17(20)21-3/h4-11,13,15-16,19H,1-3H3/t13-,15+,16-/m0/s1. The fourth-order valence-electron chi connectivity index (χ4n) is 3.53. The van der Waals surface area contributed by atoms with Gasteiger partial charge in [-0.25, -0.2) is 0 Å². The molecule has 0 unspecified atom stereocenters. The summed E-state index contributed by atoms with van der Waals surface area (Å²) < 4.78 is 5.01. The zero-order chi connectivity index (χ0) is 15.0. The first-order chi connectivity index (χ1) is 10.1. The number of benzene rings is 1. The van der Waals surface area contributed by atoms with Crippen LogP contribution in [0.25, 0.3) is 0 Å². The Balaban J connectivity index is 2.02. The maximum absolute atomic E-state index is 12.2. The fraction of sp³-hybridized carbons (Fsp3) is 0.389. The first-order valence-corrected chi connectivity index (χ1v) is 7.33. The summed E-state index contributed by atoms with van der Waals surface area (Å²) >= 11 is 0. The number of hydrogen-bond acceptors (Lipinski definition) is 3. The third-order valence-electron chi connectivity index (χ3n) is 4.72. The van der Waals surface area contributed by atoms with E-state index < -0.39 is 0 Å². The van der Waals surface area contributed by atoms with Crippen LogP contribution in [-0.4, -0.2) is 19.1 Å². The molecular weight excluding hydrogens is 262 g/mol. The van der Waals surface area contributed by atoms with Crippen molar-refractivity contribution in [2.75, 3.05) is 7.11 Å². The van der Waals surface area contributed by atoms with Crippen molar-refractivity contribution in [1.29, 1.82) is 0 Å². The van der Waals surface area contributed by atoms with Crippen molar-refractivity contribution in [1.82, 2.24) is 5.32 Å². The van der Waals surface area contributed by atoms with Gasteiger partial charge in [-0.2, -0.15) is 0 Å². The summed E-state index contributed by atoms with van der Waals surface area (Å²) in [5.41, 5.74) is 2.24. The number of carbonyl (C=O) groups is 1. The first-order valence-electron chi connectivity index (χ1n) is 7.33. The second-order valence-electron chi connectivity index (χ2n) is 6.27. The molecule has 21 heavy (non-hydrogen) atoms. The highest BCUT2D eigenvalue weighted by atomic mass is 16.5. The van der Waals surface area contributed by atoms with Gasteiger partial charge < -0.3 is 4.74 Å². The summed E-state index contributed by atoms with van der Waals surface area (Å²) in [6.45, 7) is 4.21. The Kier molecular flexibility index (Phi) is 3.46. The summed E-state index contributed by atoms with van der Waals surface area (Å²) in [4.78, 5) is 12.2. The van der Waals surface area contributed by atoms with E-state index in [4.69, 9.17) is 4.74 Å². The van der Waals surface area contributed by atoms with Gasteiger partial charge >= 0.3 is 5.97 Å². The van der Waals surface area contributed by atoms with Crippen LogP contribution in [0.5, 0.6) is 0 Å². The van der Waals surface area contributed by atoms with Crippen molar-refractivity contribution in [3.05, 3.63) is 59.7 Å². The molecule has 3 atom stereocenters. The van der Waals surface area contributed by atoms with Gasteiger partial charge in [-0.15, -0.1) is 0 Å². The molecule has 3 rings (SSSR count). The molecule has 0 saturated carbocycles. The van der Waals surface area contributed by atoms with Gasteiger partial charge in [0.1, 0.15) is 6.04 Å². The van der Waals surface area contributed by atoms with E-state index >= 15 is 0 Å². The maximum atomic E-state index is 12.2. The Hall–Kier alpha value is -1.87. The van der Waals surface area contributed by atoms with Gasteiger partial charge in [0.05, 0.1) is 7.11 Å². The van der Waals surface area contributed by atoms with Crippen LogP contribution in [0.4, 0.5) is 0 Å². The lowest BCUT2D eigenvalue weighted by molar-refractivity contribution is -0.147. The molecule has 1 aliphatic heterocycles. The smallest absolute Gasteiger partial charge is 0.323 e. The molecule has 1 fully saturated rings. The molecule has 0 spiro atoms. The van der Waals surface area contributed by atoms with Crippen LogP contribution in [-0.2, 0) is 9.53 Å². The fourth-order valence-corrected chi connectivity index (χ4v) is 3.53. The molecule has 1 aromatic carbocycles. The normalized spacial score (nSPS) is 29.7. The predicted molar refractivity (Wildman–Crippen MR) is 82.6 cm³/mol. The Bertz CT molecular complexity index is 601. The van der Waals surface area contributed by atoms with E-state index in [1.165, 1.54) is 18.2 Å². The van der Waals surface area contributed by atoms with Crippen molar-refractivity contribution >= 4 is 5.97 Å². The summed E-state index contributed by atoms with van der Waals surface area (Å²) in [6, 6.07) is 10.1. The second-order valence-corrected chi connectivity index (χ2v) is 6.27. The number of hydrogen-bond donors (Lipinski definition) is 1. The molecule has 1 saturated heterocycles. The molecule has 0 bridgehead atoms. The van der Waals surface area contributed by atoms with Crippen molar-refractivity contribution in [2.45, 2.75) is 25.9 Å². The minimum Gasteiger partial charge on any atom is -0.468 e. The number of carbonyl (C=O) groups excluding carboxylic acids is 1. The van der Waals surface area contributed by atoms with Crippen LogP contribution in [0, 0.1) is 11.3 Å². The summed E-state index contributed by atoms with van der Waals surface area (Å²) in [6.07, 6.45) is 6.46. The zero-order valence-electron chi connectivity index (χ0n) is 12.7. The maximum Gasteiger partial charge on any atom is 0.323 e. The van der Waals surface area contributed by atoms with Gasteiger partial charge in [0.15, 0.2) is 0 Å². The van der Waals surface area contributed by atoms with Crippen molar-refractivity contribution in [3.8, 4) is 0 Å². The lowest BCUT2D eigenvalue weighted by Gasteiger charge is -2.46. The van der Waals surface area contributed by atoms with E-state index in [1.807, 2.05) is 18.2 Å². The highest BCUT2D eigenvalue weighted by molar-refractivity contribution is 5.78. The monoisotopic (exact) mass is 283 g/mol. The number of ether oxygens (including phenoxy) is 1. The van der Waals surface area contributed by atoms with Crippen LogP contribution >= 0.6 is 0 Å². The van der Waals surface area contributed by atoms with Crippen LogP contribution in [0.1, 0.15) is 25.5 Å². The minimum atomic E-state index is -0.338. The number of nitrogens with one attached hydrogen (secondary N) is 1. The van der Waals surface area contributed by atoms with E-state index in [2.05, 4.69) is 49.5 Å². The van der Waals surface area contributed by atoms with Crippen LogP contribution in [0.15, 0.2) is 54.1 Å². The topological polar surface area (TPSA) is 38.3 Å². The molecule has 0 amide bonds. The van der Waals surface area contributed by atoms with Gasteiger partial charge in [-0.3, -0.25) is 10.1 Å². The number of rotatable bonds is 2. The van der Waals surface area contributed by atoms with E-state index in [0.29, 0.717) is 5.92 Å². The van der Waals surface area contributed by atoms with E-state index in [0.717, 1.165) is 0 Å². The first kappa shape index (κ1) is 14.1. The van der Waals surface area contributed by atoms with Gasteiger partial charge in [0, 0.05) is 17.4 Å². The van der Waals surface area contributed by atoms with Crippen molar-refractivity contribution < 1.29 is 9.53 Å². The highest BCUT2D eigenvalue weighted by Gasteiger charge is 2.49. The van der Waals surface area contributed by atoms with Crippen molar-refractivity contribution in [3.63, 3.8) is 0 Å². The lowest BCUT2D eigenvalue weighted by Crippen LogP contribution is -2.56. The zero-order valence-corrected chi connectivity index (χ0v) is 12.7. The van der Waals surface area contributed by atoms with Crippen molar-refractivity contribution in [2.24, 2.45) is 11.3 Å². The average Bonchev–Trinajstić information content (AvgIpc) is 2.98. The van der Waals surface area contributed by atoms with Crippen LogP contribution in [0.3, 0.4) is 0 Å². The number of allylic oxidation sites excluding steroid dienone is 2. The number of methoxy groups -OCH3 is 1. The van der Waals surface area contributed by atoms with Gasteiger partial charge in [-0.1, -0.05) is 68.0 Å². The molecule has 1 aromatic rings. The molecular formula is C18H21NO2. The SMILES string of the molecule is COC(=O)[C@@H]1N[C@H](c2ccccc2)[C@H]2C=CC=C2C1(C)C. The van der Waals surface area contributed by atoms with Crippen LogP contribution < -0.4 is 5.32 Å². The largest absolute Gasteiger partial charge is 0.468 e. The molecule has 2 aliphatic rings. The molecule has 3 heteroatoms. The quantitative estimate of drug-likeness (QED) is 0.848. The third-order valence-corrected chi connectivity index (χ3v) is 4.72. The third kappa shape index (κ3) is 2.22. The Morgan fingerprint density at radius 2 is 1.95 bits per heavy atom. The lowest BCUT2D eigenvalue weighted by atomic mass is 9.66. The summed E-state index contributed by atoms with van der Waals surface area (Å²) in [5, 5.41) is 3.52. The molecule has 1 N–H and O–H groups in total. The number of piperidine rings is 1. The highest BCUT2D eigenvalue weighted by Crippen LogP contribution is 2.48.